The fourth-order valence-electron chi connectivity index (χ4n) is 4.18. The van der Waals surface area contributed by atoms with Gasteiger partial charge in [0.1, 0.15) is 5.82 Å². The van der Waals surface area contributed by atoms with Gasteiger partial charge in [0.25, 0.3) is 0 Å². The molecule has 1 aliphatic heterocycles. The zero-order chi connectivity index (χ0) is 22.6. The Balaban J connectivity index is 1.50. The van der Waals surface area contributed by atoms with Crippen molar-refractivity contribution in [1.82, 2.24) is 19.9 Å². The molecule has 166 valence electrons. The summed E-state index contributed by atoms with van der Waals surface area (Å²) in [6, 6.07) is 22.9. The Morgan fingerprint density at radius 1 is 0.939 bits per heavy atom. The molecule has 3 heterocycles. The molecule has 4 aromatic rings. The molecular weight excluding hydrogens is 408 g/mol. The Hall–Kier alpha value is -3.77. The molecule has 1 N–H and O–H groups in total. The summed E-state index contributed by atoms with van der Waals surface area (Å²) in [5.74, 6) is 1.61. The molecule has 0 fully saturated rings. The maximum absolute atomic E-state index is 4.98. The molecule has 0 aliphatic carbocycles. The van der Waals surface area contributed by atoms with E-state index in [1.54, 1.807) is 12.4 Å². The van der Waals surface area contributed by atoms with E-state index >= 15 is 0 Å². The molecule has 2 aromatic heterocycles. The fraction of sp³-hybridized carbons (Fsp3) is 0.222. The van der Waals surface area contributed by atoms with Crippen LogP contribution in [0.2, 0.25) is 0 Å². The highest BCUT2D eigenvalue weighted by molar-refractivity contribution is 5.68. The molecule has 0 spiro atoms. The third-order valence-corrected chi connectivity index (χ3v) is 5.95. The van der Waals surface area contributed by atoms with Crippen LogP contribution in [0.15, 0.2) is 79.1 Å². The van der Waals surface area contributed by atoms with Gasteiger partial charge in [-0.3, -0.25) is 9.88 Å². The minimum absolute atomic E-state index is 0.735. The number of hydrogen-bond donors (Lipinski definition) is 1. The van der Waals surface area contributed by atoms with Crippen LogP contribution in [0.1, 0.15) is 16.8 Å². The van der Waals surface area contributed by atoms with E-state index < -0.39 is 0 Å². The van der Waals surface area contributed by atoms with Crippen molar-refractivity contribution in [3.63, 3.8) is 0 Å². The number of rotatable bonds is 6. The molecule has 5 rings (SSSR count). The zero-order valence-electron chi connectivity index (χ0n) is 19.1. The first kappa shape index (κ1) is 21.1. The van der Waals surface area contributed by atoms with Crippen molar-refractivity contribution < 1.29 is 0 Å². The summed E-state index contributed by atoms with van der Waals surface area (Å²) in [5, 5.41) is 3.60. The van der Waals surface area contributed by atoms with Gasteiger partial charge in [0.15, 0.2) is 5.82 Å². The summed E-state index contributed by atoms with van der Waals surface area (Å²) >= 11 is 0. The number of fused-ring (bicyclic) bond motifs is 1. The maximum atomic E-state index is 4.98. The highest BCUT2D eigenvalue weighted by Crippen LogP contribution is 2.30. The second kappa shape index (κ2) is 9.38. The standard InChI is InChI=1S/C27H28N6/c1-32(2)23-10-6-9-22(17-23)29-27-24-19-33(18-20-7-4-3-5-8-20)16-13-25(24)30-26(31-27)21-11-14-28-15-12-21/h3-12,14-15,17H,13,16,18-19H2,1-2H3,(H,29,30,31). The van der Waals surface area contributed by atoms with Crippen LogP contribution in [0, 0.1) is 0 Å². The van der Waals surface area contributed by atoms with Crippen molar-refractivity contribution in [1.29, 1.82) is 0 Å². The van der Waals surface area contributed by atoms with E-state index in [2.05, 4.69) is 88.8 Å². The lowest BCUT2D eigenvalue weighted by atomic mass is 10.0. The van der Waals surface area contributed by atoms with E-state index in [0.717, 1.165) is 60.3 Å². The highest BCUT2D eigenvalue weighted by atomic mass is 15.2. The van der Waals surface area contributed by atoms with Crippen LogP contribution in [-0.4, -0.2) is 40.5 Å². The van der Waals surface area contributed by atoms with Crippen LogP contribution >= 0.6 is 0 Å². The molecule has 0 bridgehead atoms. The lowest BCUT2D eigenvalue weighted by Gasteiger charge is -2.30. The van der Waals surface area contributed by atoms with E-state index in [1.165, 1.54) is 11.1 Å². The Morgan fingerprint density at radius 3 is 2.55 bits per heavy atom. The van der Waals surface area contributed by atoms with Crippen LogP contribution in [-0.2, 0) is 19.5 Å². The van der Waals surface area contributed by atoms with Crippen LogP contribution in [0.25, 0.3) is 11.4 Å². The van der Waals surface area contributed by atoms with Crippen LogP contribution in [0.3, 0.4) is 0 Å². The van der Waals surface area contributed by atoms with Gasteiger partial charge < -0.3 is 10.2 Å². The van der Waals surface area contributed by atoms with Gasteiger partial charge in [-0.2, -0.15) is 0 Å². The second-order valence-electron chi connectivity index (χ2n) is 8.57. The zero-order valence-corrected chi connectivity index (χ0v) is 19.1. The van der Waals surface area contributed by atoms with Gasteiger partial charge in [-0.05, 0) is 35.9 Å². The highest BCUT2D eigenvalue weighted by Gasteiger charge is 2.23. The largest absolute Gasteiger partial charge is 0.378 e. The van der Waals surface area contributed by atoms with Crippen molar-refractivity contribution in [3.05, 3.63) is 95.9 Å². The van der Waals surface area contributed by atoms with E-state index in [9.17, 15) is 0 Å². The normalized spacial score (nSPS) is 13.4. The topological polar surface area (TPSA) is 57.2 Å². The average molecular weight is 437 g/mol. The smallest absolute Gasteiger partial charge is 0.161 e. The van der Waals surface area contributed by atoms with Gasteiger partial charge in [-0.15, -0.1) is 0 Å². The van der Waals surface area contributed by atoms with Gasteiger partial charge in [-0.1, -0.05) is 36.4 Å². The predicted octanol–water partition coefficient (Wildman–Crippen LogP) is 4.91. The monoisotopic (exact) mass is 436 g/mol. The first-order chi connectivity index (χ1) is 16.2. The molecule has 6 heteroatoms. The average Bonchev–Trinajstić information content (AvgIpc) is 2.85. The number of pyridine rings is 1. The quantitative estimate of drug-likeness (QED) is 0.464. The summed E-state index contributed by atoms with van der Waals surface area (Å²) in [5.41, 5.74) is 6.75. The van der Waals surface area contributed by atoms with Gasteiger partial charge in [0.2, 0.25) is 0 Å². The van der Waals surface area contributed by atoms with Crippen LogP contribution < -0.4 is 10.2 Å². The van der Waals surface area contributed by atoms with Crippen molar-refractivity contribution >= 4 is 17.2 Å². The molecular formula is C27H28N6. The number of benzene rings is 2. The minimum Gasteiger partial charge on any atom is -0.378 e. The fourth-order valence-corrected chi connectivity index (χ4v) is 4.18. The minimum atomic E-state index is 0.735. The van der Waals surface area contributed by atoms with E-state index in [-0.39, 0.29) is 0 Å². The van der Waals surface area contributed by atoms with Gasteiger partial charge >= 0.3 is 0 Å². The number of hydrogen-bond acceptors (Lipinski definition) is 6. The predicted molar refractivity (Wildman–Crippen MR) is 134 cm³/mol. The Kier molecular flexibility index (Phi) is 6.00. The number of nitrogens with one attached hydrogen (secondary N) is 1. The van der Waals surface area contributed by atoms with Crippen LogP contribution in [0.4, 0.5) is 17.2 Å². The number of aromatic nitrogens is 3. The summed E-state index contributed by atoms with van der Waals surface area (Å²) in [6.07, 6.45) is 4.47. The van der Waals surface area contributed by atoms with E-state index in [0.29, 0.717) is 0 Å². The van der Waals surface area contributed by atoms with Crippen molar-refractivity contribution in [2.24, 2.45) is 0 Å². The summed E-state index contributed by atoms with van der Waals surface area (Å²) in [6.45, 7) is 2.71. The Bertz CT molecular complexity index is 1220. The molecule has 6 nitrogen and oxygen atoms in total. The lowest BCUT2D eigenvalue weighted by molar-refractivity contribution is 0.243. The molecule has 2 aromatic carbocycles. The molecule has 0 atom stereocenters. The van der Waals surface area contributed by atoms with E-state index in [4.69, 9.17) is 9.97 Å². The molecule has 1 aliphatic rings. The Labute approximate surface area is 195 Å². The van der Waals surface area contributed by atoms with E-state index in [1.807, 2.05) is 12.1 Å². The molecule has 0 amide bonds. The molecule has 33 heavy (non-hydrogen) atoms. The van der Waals surface area contributed by atoms with Crippen molar-refractivity contribution in [3.8, 4) is 11.4 Å². The first-order valence-electron chi connectivity index (χ1n) is 11.3. The van der Waals surface area contributed by atoms with Crippen LogP contribution in [0.5, 0.6) is 0 Å². The lowest BCUT2D eigenvalue weighted by Crippen LogP contribution is -2.31. The van der Waals surface area contributed by atoms with Gasteiger partial charge in [0.05, 0.1) is 5.69 Å². The summed E-state index contributed by atoms with van der Waals surface area (Å²) < 4.78 is 0. The van der Waals surface area contributed by atoms with Gasteiger partial charge in [0, 0.05) is 75.0 Å². The summed E-state index contributed by atoms with van der Waals surface area (Å²) in [4.78, 5) is 18.6. The summed E-state index contributed by atoms with van der Waals surface area (Å²) in [7, 11) is 4.10. The maximum Gasteiger partial charge on any atom is 0.161 e. The van der Waals surface area contributed by atoms with Gasteiger partial charge in [-0.25, -0.2) is 9.97 Å². The SMILES string of the molecule is CN(C)c1cccc(Nc2nc(-c3ccncc3)nc3c2CN(Cc2ccccc2)CC3)c1. The number of anilines is 3. The first-order valence-corrected chi connectivity index (χ1v) is 11.3. The van der Waals surface area contributed by atoms with Crippen molar-refractivity contribution in [2.45, 2.75) is 19.5 Å². The second-order valence-corrected chi connectivity index (χ2v) is 8.57. The third-order valence-electron chi connectivity index (χ3n) is 5.95. The van der Waals surface area contributed by atoms with Crippen molar-refractivity contribution in [2.75, 3.05) is 30.9 Å². The third kappa shape index (κ3) is 4.86. The molecule has 0 radical (unpaired) electrons. The Morgan fingerprint density at radius 2 is 1.76 bits per heavy atom. The molecule has 0 saturated carbocycles. The molecule has 0 saturated heterocycles. The molecule has 0 unspecified atom stereocenters. The number of nitrogens with zero attached hydrogens (tertiary/aromatic N) is 5.